The summed E-state index contributed by atoms with van der Waals surface area (Å²) in [5.74, 6) is 0.669. The molecule has 0 saturated heterocycles. The smallest absolute Gasteiger partial charge is 0.251 e. The largest absolute Gasteiger partial charge is 0.492 e. The van der Waals surface area contributed by atoms with Crippen molar-refractivity contribution in [3.05, 3.63) is 65.2 Å². The van der Waals surface area contributed by atoms with Gasteiger partial charge in [0.2, 0.25) is 5.91 Å². The highest BCUT2D eigenvalue weighted by Gasteiger charge is 2.28. The maximum Gasteiger partial charge on any atom is 0.251 e. The van der Waals surface area contributed by atoms with E-state index in [9.17, 15) is 9.59 Å². The average Bonchev–Trinajstić information content (AvgIpc) is 2.67. The molecule has 2 aromatic rings. The summed E-state index contributed by atoms with van der Waals surface area (Å²) in [6.45, 7) is 0.917. The van der Waals surface area contributed by atoms with Gasteiger partial charge in [-0.1, -0.05) is 30.3 Å². The summed E-state index contributed by atoms with van der Waals surface area (Å²) in [5.41, 5.74) is 2.67. The number of nitrogens with one attached hydrogen (secondary N) is 1. The maximum atomic E-state index is 12.7. The van der Waals surface area contributed by atoms with Gasteiger partial charge in [0.25, 0.3) is 5.91 Å². The first-order chi connectivity index (χ1) is 12.1. The lowest BCUT2D eigenvalue weighted by Gasteiger charge is -2.28. The molecule has 1 aliphatic heterocycles. The van der Waals surface area contributed by atoms with Gasteiger partial charge >= 0.3 is 0 Å². The molecule has 1 aliphatic rings. The van der Waals surface area contributed by atoms with E-state index in [0.717, 1.165) is 16.9 Å². The SMILES string of the molecule is CNC(=O)c1ccc(CN(C)C(=O)C2COc3ccccc3C2)cc1. The zero-order valence-electron chi connectivity index (χ0n) is 14.5. The Labute approximate surface area is 147 Å². The molecule has 5 nitrogen and oxygen atoms in total. The molecule has 1 unspecified atom stereocenters. The quantitative estimate of drug-likeness (QED) is 0.930. The lowest BCUT2D eigenvalue weighted by molar-refractivity contribution is -0.136. The van der Waals surface area contributed by atoms with Crippen LogP contribution < -0.4 is 10.1 Å². The molecule has 5 heteroatoms. The fourth-order valence-corrected chi connectivity index (χ4v) is 3.06. The van der Waals surface area contributed by atoms with Crippen molar-refractivity contribution >= 4 is 11.8 Å². The molecule has 0 fully saturated rings. The van der Waals surface area contributed by atoms with Crippen LogP contribution >= 0.6 is 0 Å². The minimum absolute atomic E-state index is 0.0740. The highest BCUT2D eigenvalue weighted by molar-refractivity contribution is 5.93. The standard InChI is InChI=1S/C20H22N2O3/c1-21-19(23)15-9-7-14(8-10-15)12-22(2)20(24)17-11-16-5-3-4-6-18(16)25-13-17/h3-10,17H,11-13H2,1-2H3,(H,21,23). The third kappa shape index (κ3) is 3.82. The minimum atomic E-state index is -0.162. The van der Waals surface area contributed by atoms with E-state index in [1.165, 1.54) is 0 Å². The van der Waals surface area contributed by atoms with Crippen molar-refractivity contribution in [2.24, 2.45) is 5.92 Å². The molecule has 1 atom stereocenters. The van der Waals surface area contributed by atoms with Gasteiger partial charge < -0.3 is 15.0 Å². The molecule has 0 bridgehead atoms. The van der Waals surface area contributed by atoms with Crippen molar-refractivity contribution < 1.29 is 14.3 Å². The van der Waals surface area contributed by atoms with Crippen LogP contribution in [-0.2, 0) is 17.8 Å². The number of ether oxygens (including phenoxy) is 1. The number of fused-ring (bicyclic) bond motifs is 1. The monoisotopic (exact) mass is 338 g/mol. The van der Waals surface area contributed by atoms with Gasteiger partial charge in [0.1, 0.15) is 12.4 Å². The van der Waals surface area contributed by atoms with Crippen LogP contribution in [-0.4, -0.2) is 37.4 Å². The number of rotatable bonds is 4. The summed E-state index contributed by atoms with van der Waals surface area (Å²) in [4.78, 5) is 26.0. The van der Waals surface area contributed by atoms with E-state index in [1.807, 2.05) is 36.4 Å². The summed E-state index contributed by atoms with van der Waals surface area (Å²) in [6.07, 6.45) is 0.703. The van der Waals surface area contributed by atoms with E-state index in [4.69, 9.17) is 4.74 Å². The Morgan fingerprint density at radius 1 is 1.16 bits per heavy atom. The maximum absolute atomic E-state index is 12.7. The van der Waals surface area contributed by atoms with Crippen LogP contribution in [0.5, 0.6) is 5.75 Å². The number of amides is 2. The molecule has 0 radical (unpaired) electrons. The van der Waals surface area contributed by atoms with Gasteiger partial charge in [0.05, 0.1) is 5.92 Å². The fourth-order valence-electron chi connectivity index (χ4n) is 3.06. The van der Waals surface area contributed by atoms with Gasteiger partial charge in [-0.15, -0.1) is 0 Å². The lowest BCUT2D eigenvalue weighted by atomic mass is 9.95. The van der Waals surface area contributed by atoms with E-state index < -0.39 is 0 Å². The third-order valence-electron chi connectivity index (χ3n) is 4.47. The van der Waals surface area contributed by atoms with E-state index >= 15 is 0 Å². The molecular weight excluding hydrogens is 316 g/mol. The van der Waals surface area contributed by atoms with Crippen molar-refractivity contribution in [2.75, 3.05) is 20.7 Å². The second kappa shape index (κ2) is 7.38. The van der Waals surface area contributed by atoms with Gasteiger partial charge in [-0.05, 0) is 35.7 Å². The Morgan fingerprint density at radius 2 is 1.88 bits per heavy atom. The average molecular weight is 338 g/mol. The molecule has 2 aromatic carbocycles. The first-order valence-corrected chi connectivity index (χ1v) is 8.35. The number of hydrogen-bond donors (Lipinski definition) is 1. The number of carbonyl (C=O) groups excluding carboxylic acids is 2. The Hall–Kier alpha value is -2.82. The van der Waals surface area contributed by atoms with Gasteiger partial charge in [-0.2, -0.15) is 0 Å². The van der Waals surface area contributed by atoms with Gasteiger partial charge in [0.15, 0.2) is 0 Å². The van der Waals surface area contributed by atoms with Crippen LogP contribution in [0.2, 0.25) is 0 Å². The first kappa shape index (κ1) is 17.0. The molecule has 25 heavy (non-hydrogen) atoms. The number of para-hydroxylation sites is 1. The molecule has 1 N–H and O–H groups in total. The third-order valence-corrected chi connectivity index (χ3v) is 4.47. The minimum Gasteiger partial charge on any atom is -0.492 e. The van der Waals surface area contributed by atoms with Crippen LogP contribution in [0.25, 0.3) is 0 Å². The Kier molecular flexibility index (Phi) is 5.03. The van der Waals surface area contributed by atoms with Crippen LogP contribution in [0.1, 0.15) is 21.5 Å². The Balaban J connectivity index is 1.62. The second-order valence-corrected chi connectivity index (χ2v) is 6.29. The first-order valence-electron chi connectivity index (χ1n) is 8.35. The van der Waals surface area contributed by atoms with Crippen LogP contribution in [0.3, 0.4) is 0 Å². The van der Waals surface area contributed by atoms with Crippen LogP contribution in [0.15, 0.2) is 48.5 Å². The highest BCUT2D eigenvalue weighted by Crippen LogP contribution is 2.27. The summed E-state index contributed by atoms with van der Waals surface area (Å²) in [5, 5.41) is 2.59. The number of hydrogen-bond acceptors (Lipinski definition) is 3. The molecule has 0 aromatic heterocycles. The normalized spacial score (nSPS) is 15.7. The fraction of sp³-hybridized carbons (Fsp3) is 0.300. The number of carbonyl (C=O) groups is 2. The van der Waals surface area contributed by atoms with E-state index in [-0.39, 0.29) is 17.7 Å². The summed E-state index contributed by atoms with van der Waals surface area (Å²) in [6, 6.07) is 15.1. The molecule has 2 amide bonds. The van der Waals surface area contributed by atoms with Crippen molar-refractivity contribution in [1.82, 2.24) is 10.2 Å². The zero-order valence-corrected chi connectivity index (χ0v) is 14.5. The molecule has 3 rings (SSSR count). The van der Waals surface area contributed by atoms with Gasteiger partial charge in [0, 0.05) is 26.2 Å². The van der Waals surface area contributed by atoms with Crippen molar-refractivity contribution in [3.63, 3.8) is 0 Å². The van der Waals surface area contributed by atoms with Crippen molar-refractivity contribution in [3.8, 4) is 5.75 Å². The summed E-state index contributed by atoms with van der Waals surface area (Å²) >= 11 is 0. The Morgan fingerprint density at radius 3 is 2.60 bits per heavy atom. The molecular formula is C20H22N2O3. The van der Waals surface area contributed by atoms with E-state index in [0.29, 0.717) is 25.1 Å². The lowest BCUT2D eigenvalue weighted by Crippen LogP contribution is -2.38. The molecule has 0 aliphatic carbocycles. The van der Waals surface area contributed by atoms with E-state index in [1.54, 1.807) is 31.1 Å². The zero-order chi connectivity index (χ0) is 17.8. The Bertz CT molecular complexity index is 771. The topological polar surface area (TPSA) is 58.6 Å². The molecule has 130 valence electrons. The van der Waals surface area contributed by atoms with Crippen LogP contribution in [0, 0.1) is 5.92 Å². The van der Waals surface area contributed by atoms with Crippen LogP contribution in [0.4, 0.5) is 0 Å². The highest BCUT2D eigenvalue weighted by atomic mass is 16.5. The van der Waals surface area contributed by atoms with E-state index in [2.05, 4.69) is 5.32 Å². The predicted octanol–water partition coefficient (Wildman–Crippen LogP) is 2.26. The second-order valence-electron chi connectivity index (χ2n) is 6.29. The number of nitrogens with zero attached hydrogens (tertiary/aromatic N) is 1. The summed E-state index contributed by atoms with van der Waals surface area (Å²) in [7, 11) is 3.41. The number of benzene rings is 2. The molecule has 0 spiro atoms. The van der Waals surface area contributed by atoms with Gasteiger partial charge in [-0.25, -0.2) is 0 Å². The van der Waals surface area contributed by atoms with Crippen molar-refractivity contribution in [2.45, 2.75) is 13.0 Å². The predicted molar refractivity (Wildman–Crippen MR) is 95.4 cm³/mol. The van der Waals surface area contributed by atoms with Gasteiger partial charge in [-0.3, -0.25) is 9.59 Å². The molecule has 0 saturated carbocycles. The molecule has 1 heterocycles. The summed E-state index contributed by atoms with van der Waals surface area (Å²) < 4.78 is 5.72. The van der Waals surface area contributed by atoms with Crippen molar-refractivity contribution in [1.29, 1.82) is 0 Å².